The van der Waals surface area contributed by atoms with E-state index in [0.717, 1.165) is 11.8 Å². The highest BCUT2D eigenvalue weighted by atomic mass is 35.5. The Morgan fingerprint density at radius 2 is 2.22 bits per heavy atom. The van der Waals surface area contributed by atoms with E-state index < -0.39 is 10.8 Å². The maximum Gasteiger partial charge on any atom is 0.288 e. The predicted octanol–water partition coefficient (Wildman–Crippen LogP) is 2.76. The fourth-order valence-corrected chi connectivity index (χ4v) is 1.27. The first-order valence-electron chi connectivity index (χ1n) is 5.23. The summed E-state index contributed by atoms with van der Waals surface area (Å²) in [5, 5.41) is 14.5. The molecule has 0 bridgehead atoms. The summed E-state index contributed by atoms with van der Waals surface area (Å²) in [6.07, 6.45) is 0.709. The molecule has 0 unspecified atom stereocenters. The quantitative estimate of drug-likeness (QED) is 0.518. The predicted molar refractivity (Wildman–Crippen MR) is 69.0 cm³/mol. The number of halogens is 1. The summed E-state index contributed by atoms with van der Waals surface area (Å²) in [4.78, 5) is 21.7. The number of nitrogens with zero attached hydrogens (tertiary/aromatic N) is 2. The molecule has 0 aliphatic carbocycles. The minimum atomic E-state index is -0.639. The van der Waals surface area contributed by atoms with Gasteiger partial charge in [-0.25, -0.2) is 5.43 Å². The van der Waals surface area contributed by atoms with Crippen LogP contribution in [0.4, 0.5) is 5.69 Å². The Morgan fingerprint density at radius 1 is 1.56 bits per heavy atom. The number of amides is 1. The van der Waals surface area contributed by atoms with E-state index in [1.165, 1.54) is 12.1 Å². The third kappa shape index (κ3) is 3.53. The van der Waals surface area contributed by atoms with Crippen molar-refractivity contribution < 1.29 is 9.72 Å². The summed E-state index contributed by atoms with van der Waals surface area (Å²) >= 11 is 5.64. The lowest BCUT2D eigenvalue weighted by atomic mass is 10.2. The summed E-state index contributed by atoms with van der Waals surface area (Å²) in [5.74, 6) is -0.512. The molecule has 1 aromatic rings. The standard InChI is InChI=1S/C11H12ClN3O3/c1-3-7(2)13-14-11(16)8-4-5-9(12)10(6-8)15(17)18/h4-6H,3H2,1-2H3,(H,14,16)/b13-7-. The molecule has 0 atom stereocenters. The fraction of sp³-hybridized carbons (Fsp3) is 0.273. The van der Waals surface area contributed by atoms with Gasteiger partial charge in [-0.15, -0.1) is 0 Å². The van der Waals surface area contributed by atoms with E-state index >= 15 is 0 Å². The molecule has 0 saturated carbocycles. The van der Waals surface area contributed by atoms with Crippen LogP contribution in [0.1, 0.15) is 30.6 Å². The normalized spacial score (nSPS) is 11.2. The molecule has 1 N–H and O–H groups in total. The molecule has 0 heterocycles. The number of rotatable bonds is 4. The van der Waals surface area contributed by atoms with E-state index in [1.807, 2.05) is 6.92 Å². The number of carbonyl (C=O) groups is 1. The summed E-state index contributed by atoms with van der Waals surface area (Å²) in [6.45, 7) is 3.67. The van der Waals surface area contributed by atoms with Gasteiger partial charge in [0.15, 0.2) is 0 Å². The molecule has 7 heteroatoms. The minimum Gasteiger partial charge on any atom is -0.267 e. The van der Waals surface area contributed by atoms with E-state index in [4.69, 9.17) is 11.6 Å². The Morgan fingerprint density at radius 3 is 2.78 bits per heavy atom. The van der Waals surface area contributed by atoms with E-state index in [0.29, 0.717) is 6.42 Å². The topological polar surface area (TPSA) is 84.6 Å². The highest BCUT2D eigenvalue weighted by molar-refractivity contribution is 6.32. The molecule has 0 aliphatic heterocycles. The smallest absolute Gasteiger partial charge is 0.267 e. The first-order valence-corrected chi connectivity index (χ1v) is 5.61. The zero-order valence-corrected chi connectivity index (χ0v) is 10.7. The Kier molecular flexibility index (Phi) is 4.79. The number of hydrogen-bond donors (Lipinski definition) is 1. The zero-order chi connectivity index (χ0) is 13.7. The highest BCUT2D eigenvalue weighted by Crippen LogP contribution is 2.24. The van der Waals surface area contributed by atoms with Gasteiger partial charge in [0, 0.05) is 17.3 Å². The monoisotopic (exact) mass is 269 g/mol. The van der Waals surface area contributed by atoms with Crippen LogP contribution in [0.5, 0.6) is 0 Å². The van der Waals surface area contributed by atoms with Gasteiger partial charge in [-0.1, -0.05) is 18.5 Å². The van der Waals surface area contributed by atoms with E-state index in [2.05, 4.69) is 10.5 Å². The molecule has 0 saturated heterocycles. The first kappa shape index (κ1) is 14.1. The summed E-state index contributed by atoms with van der Waals surface area (Å²) in [6, 6.07) is 3.83. The molecule has 0 aromatic heterocycles. The highest BCUT2D eigenvalue weighted by Gasteiger charge is 2.15. The molecular weight excluding hydrogens is 258 g/mol. The average Bonchev–Trinajstić information content (AvgIpc) is 2.35. The summed E-state index contributed by atoms with van der Waals surface area (Å²) in [7, 11) is 0. The second-order valence-corrected chi connectivity index (χ2v) is 3.97. The Labute approximate surface area is 109 Å². The summed E-state index contributed by atoms with van der Waals surface area (Å²) in [5.41, 5.74) is 2.91. The Bertz CT molecular complexity index is 514. The second-order valence-electron chi connectivity index (χ2n) is 3.56. The average molecular weight is 270 g/mol. The van der Waals surface area contributed by atoms with Crippen molar-refractivity contribution in [2.24, 2.45) is 5.10 Å². The van der Waals surface area contributed by atoms with Crippen LogP contribution in [0.2, 0.25) is 5.02 Å². The van der Waals surface area contributed by atoms with E-state index in [1.54, 1.807) is 6.92 Å². The van der Waals surface area contributed by atoms with Crippen LogP contribution in [-0.4, -0.2) is 16.5 Å². The SMILES string of the molecule is CC/C(C)=N\NC(=O)c1ccc(Cl)c([N+](=O)[O-])c1. The fourth-order valence-electron chi connectivity index (χ4n) is 1.08. The number of hydrazone groups is 1. The van der Waals surface area contributed by atoms with Crippen molar-refractivity contribution in [1.29, 1.82) is 0 Å². The molecule has 1 aromatic carbocycles. The van der Waals surface area contributed by atoms with Crippen molar-refractivity contribution in [3.63, 3.8) is 0 Å². The van der Waals surface area contributed by atoms with Crippen LogP contribution in [0.25, 0.3) is 0 Å². The van der Waals surface area contributed by atoms with Gasteiger partial charge in [0.2, 0.25) is 0 Å². The van der Waals surface area contributed by atoms with Crippen LogP contribution in [0.15, 0.2) is 23.3 Å². The number of benzene rings is 1. The van der Waals surface area contributed by atoms with E-state index in [-0.39, 0.29) is 16.3 Å². The molecule has 6 nitrogen and oxygen atoms in total. The van der Waals surface area contributed by atoms with Gasteiger partial charge in [0.25, 0.3) is 11.6 Å². The Hall–Kier alpha value is -1.95. The molecule has 0 fully saturated rings. The van der Waals surface area contributed by atoms with E-state index in [9.17, 15) is 14.9 Å². The maximum absolute atomic E-state index is 11.7. The first-order chi connectivity index (χ1) is 8.45. The maximum atomic E-state index is 11.7. The second kappa shape index (κ2) is 6.11. The Balaban J connectivity index is 2.94. The van der Waals surface area contributed by atoms with Crippen molar-refractivity contribution >= 4 is 28.9 Å². The van der Waals surface area contributed by atoms with Crippen LogP contribution in [0.3, 0.4) is 0 Å². The third-order valence-electron chi connectivity index (χ3n) is 2.26. The molecule has 18 heavy (non-hydrogen) atoms. The van der Waals surface area contributed by atoms with Gasteiger partial charge in [-0.3, -0.25) is 14.9 Å². The molecular formula is C11H12ClN3O3. The lowest BCUT2D eigenvalue weighted by Crippen LogP contribution is -2.19. The molecule has 0 aliphatic rings. The van der Waals surface area contributed by atoms with Crippen LogP contribution >= 0.6 is 11.6 Å². The number of nitro benzene ring substituents is 1. The number of hydrogen-bond acceptors (Lipinski definition) is 4. The molecule has 96 valence electrons. The lowest BCUT2D eigenvalue weighted by molar-refractivity contribution is -0.384. The van der Waals surface area contributed by atoms with Gasteiger partial charge in [0.1, 0.15) is 5.02 Å². The van der Waals surface area contributed by atoms with Gasteiger partial charge >= 0.3 is 0 Å². The van der Waals surface area contributed by atoms with Crippen molar-refractivity contribution in [3.05, 3.63) is 38.9 Å². The van der Waals surface area contributed by atoms with Crippen LogP contribution in [0, 0.1) is 10.1 Å². The van der Waals surface area contributed by atoms with Gasteiger partial charge in [0.05, 0.1) is 4.92 Å². The van der Waals surface area contributed by atoms with Crippen molar-refractivity contribution in [3.8, 4) is 0 Å². The van der Waals surface area contributed by atoms with Gasteiger partial charge in [-0.2, -0.15) is 5.10 Å². The van der Waals surface area contributed by atoms with Crippen molar-refractivity contribution in [1.82, 2.24) is 5.43 Å². The van der Waals surface area contributed by atoms with Crippen LogP contribution < -0.4 is 5.43 Å². The van der Waals surface area contributed by atoms with Crippen molar-refractivity contribution in [2.45, 2.75) is 20.3 Å². The zero-order valence-electron chi connectivity index (χ0n) is 9.94. The van der Waals surface area contributed by atoms with Crippen molar-refractivity contribution in [2.75, 3.05) is 0 Å². The largest absolute Gasteiger partial charge is 0.288 e. The van der Waals surface area contributed by atoms with Gasteiger partial charge < -0.3 is 0 Å². The number of carbonyl (C=O) groups excluding carboxylic acids is 1. The molecule has 1 amide bonds. The van der Waals surface area contributed by atoms with Gasteiger partial charge in [-0.05, 0) is 25.5 Å². The molecule has 1 rings (SSSR count). The lowest BCUT2D eigenvalue weighted by Gasteiger charge is -2.02. The summed E-state index contributed by atoms with van der Waals surface area (Å²) < 4.78 is 0. The number of nitrogens with one attached hydrogen (secondary N) is 1. The number of nitro groups is 1. The molecule has 0 spiro atoms. The molecule has 0 radical (unpaired) electrons. The third-order valence-corrected chi connectivity index (χ3v) is 2.58. The minimum absolute atomic E-state index is 0.00945. The van der Waals surface area contributed by atoms with Crippen LogP contribution in [-0.2, 0) is 0 Å².